The van der Waals surface area contributed by atoms with E-state index < -0.39 is 14.6 Å². The molecule has 1 N–H and O–H groups in total. The third-order valence-electron chi connectivity index (χ3n) is 6.04. The maximum atomic E-state index is 12.4. The van der Waals surface area contributed by atoms with Crippen molar-refractivity contribution in [3.05, 3.63) is 35.4 Å². The zero-order valence-electron chi connectivity index (χ0n) is 18.7. The van der Waals surface area contributed by atoms with Gasteiger partial charge in [0.05, 0.1) is 36.3 Å². The van der Waals surface area contributed by atoms with Gasteiger partial charge in [-0.2, -0.15) is 0 Å². The van der Waals surface area contributed by atoms with Crippen molar-refractivity contribution < 1.29 is 13.2 Å². The van der Waals surface area contributed by atoms with Crippen LogP contribution in [-0.4, -0.2) is 87.2 Å². The van der Waals surface area contributed by atoms with Crippen LogP contribution in [0.15, 0.2) is 29.3 Å². The average molecular weight is 437 g/mol. The van der Waals surface area contributed by atoms with Crippen molar-refractivity contribution in [3.8, 4) is 0 Å². The lowest BCUT2D eigenvalue weighted by atomic mass is 10.0. The van der Waals surface area contributed by atoms with E-state index in [0.717, 1.165) is 38.8 Å². The summed E-state index contributed by atoms with van der Waals surface area (Å²) in [6.07, 6.45) is 0. The summed E-state index contributed by atoms with van der Waals surface area (Å²) in [5.41, 5.74) is 2.50. The van der Waals surface area contributed by atoms with Crippen LogP contribution in [0.2, 0.25) is 0 Å². The first kappa shape index (κ1) is 23.0. The second kappa shape index (κ2) is 9.66. The average Bonchev–Trinajstić information content (AvgIpc) is 2.71. The second-order valence-corrected chi connectivity index (χ2v) is 11.5. The van der Waals surface area contributed by atoms with Gasteiger partial charge >= 0.3 is 0 Å². The third kappa shape index (κ3) is 5.34. The van der Waals surface area contributed by atoms with Gasteiger partial charge in [0.15, 0.2) is 15.8 Å². The maximum absolute atomic E-state index is 12.4. The number of hydrogen-bond acceptors (Lipinski definition) is 5. The summed E-state index contributed by atoms with van der Waals surface area (Å²) in [5, 5.41) is 3.37. The molecule has 3 rings (SSSR count). The van der Waals surface area contributed by atoms with Gasteiger partial charge in [-0.25, -0.2) is 8.42 Å². The van der Waals surface area contributed by atoms with Crippen LogP contribution in [0.3, 0.4) is 0 Å². The second-order valence-electron chi connectivity index (χ2n) is 8.77. The molecular formula is C22H36N4O3S. The van der Waals surface area contributed by atoms with Crippen LogP contribution in [-0.2, 0) is 14.6 Å². The van der Waals surface area contributed by atoms with E-state index in [1.165, 1.54) is 11.1 Å². The van der Waals surface area contributed by atoms with E-state index in [4.69, 9.17) is 9.73 Å². The highest BCUT2D eigenvalue weighted by Crippen LogP contribution is 2.25. The Labute approximate surface area is 181 Å². The SMILES string of the molecule is CCNC(=NCC(c1ccc(C)cc1)N1CCOCC1)N1CCS(=O)(=O)C(C)(C)C1. The highest BCUT2D eigenvalue weighted by Gasteiger charge is 2.41. The largest absolute Gasteiger partial charge is 0.379 e. The molecule has 1 unspecified atom stereocenters. The number of guanidine groups is 1. The quantitative estimate of drug-likeness (QED) is 0.561. The van der Waals surface area contributed by atoms with E-state index in [-0.39, 0.29) is 11.8 Å². The Morgan fingerprint density at radius 2 is 1.87 bits per heavy atom. The molecule has 0 bridgehead atoms. The Morgan fingerprint density at radius 3 is 2.47 bits per heavy atom. The monoisotopic (exact) mass is 436 g/mol. The number of nitrogens with one attached hydrogen (secondary N) is 1. The van der Waals surface area contributed by atoms with Crippen LogP contribution < -0.4 is 5.32 Å². The first-order valence-electron chi connectivity index (χ1n) is 10.9. The van der Waals surface area contributed by atoms with Gasteiger partial charge in [-0.15, -0.1) is 0 Å². The molecule has 0 radical (unpaired) electrons. The third-order valence-corrected chi connectivity index (χ3v) is 8.57. The lowest BCUT2D eigenvalue weighted by molar-refractivity contribution is 0.0179. The molecule has 1 aromatic rings. The normalized spacial score (nSPS) is 23.2. The highest BCUT2D eigenvalue weighted by atomic mass is 32.2. The van der Waals surface area contributed by atoms with E-state index >= 15 is 0 Å². The minimum absolute atomic E-state index is 0.162. The van der Waals surface area contributed by atoms with Gasteiger partial charge in [0.25, 0.3) is 0 Å². The molecule has 2 fully saturated rings. The van der Waals surface area contributed by atoms with Gasteiger partial charge < -0.3 is 15.0 Å². The molecule has 1 atom stereocenters. The molecule has 0 saturated carbocycles. The summed E-state index contributed by atoms with van der Waals surface area (Å²) in [4.78, 5) is 9.51. The minimum atomic E-state index is -3.08. The van der Waals surface area contributed by atoms with Gasteiger partial charge in [0, 0.05) is 32.7 Å². The Bertz CT molecular complexity index is 830. The van der Waals surface area contributed by atoms with Crippen LogP contribution in [0.5, 0.6) is 0 Å². The Hall–Kier alpha value is -1.64. The molecule has 2 heterocycles. The molecule has 30 heavy (non-hydrogen) atoms. The molecule has 2 aliphatic rings. The molecule has 0 aliphatic carbocycles. The van der Waals surface area contributed by atoms with E-state index in [2.05, 4.69) is 46.3 Å². The predicted molar refractivity (Wildman–Crippen MR) is 122 cm³/mol. The van der Waals surface area contributed by atoms with E-state index in [1.54, 1.807) is 13.8 Å². The Balaban J connectivity index is 1.82. The van der Waals surface area contributed by atoms with Gasteiger partial charge in [-0.3, -0.25) is 9.89 Å². The fourth-order valence-electron chi connectivity index (χ4n) is 4.03. The molecular weight excluding hydrogens is 400 g/mol. The standard InChI is InChI=1S/C22H36N4O3S/c1-5-23-21(26-12-15-30(27,28)22(3,4)17-26)24-16-20(25-10-13-29-14-11-25)19-8-6-18(2)7-9-19/h6-9,20H,5,10-17H2,1-4H3,(H,23,24). The number of morpholine rings is 1. The summed E-state index contributed by atoms with van der Waals surface area (Å²) in [6, 6.07) is 8.85. The first-order chi connectivity index (χ1) is 14.2. The van der Waals surface area contributed by atoms with Crippen molar-refractivity contribution in [1.82, 2.24) is 15.1 Å². The molecule has 168 valence electrons. The van der Waals surface area contributed by atoms with Gasteiger partial charge in [-0.1, -0.05) is 29.8 Å². The number of nitrogens with zero attached hydrogens (tertiary/aromatic N) is 3. The number of aliphatic imine (C=N–C) groups is 1. The summed E-state index contributed by atoms with van der Waals surface area (Å²) >= 11 is 0. The van der Waals surface area contributed by atoms with Crippen molar-refractivity contribution in [3.63, 3.8) is 0 Å². The van der Waals surface area contributed by atoms with Crippen LogP contribution in [0.4, 0.5) is 0 Å². The van der Waals surface area contributed by atoms with Gasteiger partial charge in [0.2, 0.25) is 0 Å². The molecule has 7 nitrogen and oxygen atoms in total. The van der Waals surface area contributed by atoms with Crippen molar-refractivity contribution >= 4 is 15.8 Å². The lowest BCUT2D eigenvalue weighted by Crippen LogP contribution is -2.57. The molecule has 0 aromatic heterocycles. The minimum Gasteiger partial charge on any atom is -0.379 e. The molecule has 8 heteroatoms. The molecule has 1 aromatic carbocycles. The zero-order valence-corrected chi connectivity index (χ0v) is 19.5. The highest BCUT2D eigenvalue weighted by molar-refractivity contribution is 7.92. The predicted octanol–water partition coefficient (Wildman–Crippen LogP) is 1.84. The first-order valence-corrected chi connectivity index (χ1v) is 12.5. The summed E-state index contributed by atoms with van der Waals surface area (Å²) in [5.74, 6) is 0.959. The number of hydrogen-bond donors (Lipinski definition) is 1. The Morgan fingerprint density at radius 1 is 1.20 bits per heavy atom. The zero-order chi connectivity index (χ0) is 21.8. The summed E-state index contributed by atoms with van der Waals surface area (Å²) in [7, 11) is -3.08. The van der Waals surface area contributed by atoms with Crippen LogP contribution in [0, 0.1) is 6.92 Å². The maximum Gasteiger partial charge on any atom is 0.194 e. The number of sulfone groups is 1. The smallest absolute Gasteiger partial charge is 0.194 e. The van der Waals surface area contributed by atoms with Crippen LogP contribution in [0.1, 0.15) is 37.9 Å². The number of aryl methyl sites for hydroxylation is 1. The molecule has 0 amide bonds. The number of ether oxygens (including phenoxy) is 1. The van der Waals surface area contributed by atoms with Gasteiger partial charge in [-0.05, 0) is 33.3 Å². The summed E-state index contributed by atoms with van der Waals surface area (Å²) in [6.45, 7) is 13.3. The van der Waals surface area contributed by atoms with Crippen molar-refractivity contribution in [1.29, 1.82) is 0 Å². The van der Waals surface area contributed by atoms with Crippen molar-refractivity contribution in [2.24, 2.45) is 4.99 Å². The van der Waals surface area contributed by atoms with E-state index in [0.29, 0.717) is 19.6 Å². The Kier molecular flexibility index (Phi) is 7.42. The topological polar surface area (TPSA) is 74.2 Å². The number of benzene rings is 1. The molecule has 2 aliphatic heterocycles. The fraction of sp³-hybridized carbons (Fsp3) is 0.682. The molecule has 0 spiro atoms. The fourth-order valence-corrected chi connectivity index (χ4v) is 5.40. The van der Waals surface area contributed by atoms with Crippen LogP contribution in [0.25, 0.3) is 0 Å². The van der Waals surface area contributed by atoms with Crippen molar-refractivity contribution in [2.45, 2.75) is 38.5 Å². The van der Waals surface area contributed by atoms with E-state index in [1.807, 2.05) is 6.92 Å². The van der Waals surface area contributed by atoms with Crippen LogP contribution >= 0.6 is 0 Å². The lowest BCUT2D eigenvalue weighted by Gasteiger charge is -2.39. The van der Waals surface area contributed by atoms with E-state index in [9.17, 15) is 8.42 Å². The van der Waals surface area contributed by atoms with Crippen molar-refractivity contribution in [2.75, 3.05) is 58.2 Å². The molecule has 2 saturated heterocycles. The van der Waals surface area contributed by atoms with Gasteiger partial charge in [0.1, 0.15) is 0 Å². The summed E-state index contributed by atoms with van der Waals surface area (Å²) < 4.78 is 29.6. The number of rotatable bonds is 5.